The predicted octanol–water partition coefficient (Wildman–Crippen LogP) is 3.83. The molecule has 2 aromatic rings. The van der Waals surface area contributed by atoms with Crippen molar-refractivity contribution < 1.29 is 33.0 Å². The number of alkyl carbamates (subject to hydrolysis) is 1. The third-order valence-corrected chi connectivity index (χ3v) is 6.14. The Morgan fingerprint density at radius 2 is 1.68 bits per heavy atom. The molecule has 1 aliphatic rings. The molecule has 7 nitrogen and oxygen atoms in total. The Hall–Kier alpha value is -3.14. The molecule has 2 N–H and O–H groups in total. The third-order valence-electron chi connectivity index (χ3n) is 5.55. The second kappa shape index (κ2) is 11.8. The van der Waals surface area contributed by atoms with Crippen LogP contribution in [0, 0.1) is 0 Å². The normalized spacial score (nSPS) is 13.2. The lowest BCUT2D eigenvalue weighted by Gasteiger charge is -2.26. The monoisotopic (exact) mass is 492 g/mol. The number of nitrogens with zero attached hydrogens (tertiary/aromatic N) is 1. The molecule has 0 aromatic heterocycles. The zero-order valence-electron chi connectivity index (χ0n) is 18.6. The van der Waals surface area contributed by atoms with Gasteiger partial charge in [-0.2, -0.15) is 11.8 Å². The number of carboxylic acids is 1. The molecule has 0 aliphatic heterocycles. The molecule has 2 amide bonds. The van der Waals surface area contributed by atoms with Gasteiger partial charge in [-0.1, -0.05) is 48.5 Å². The second-order valence-corrected chi connectivity index (χ2v) is 8.78. The lowest BCUT2D eigenvalue weighted by molar-refractivity contribution is -0.145. The molecule has 2 aromatic carbocycles. The molecule has 0 bridgehead atoms. The predicted molar refractivity (Wildman–Crippen MR) is 125 cm³/mol. The molecule has 0 heterocycles. The van der Waals surface area contributed by atoms with Gasteiger partial charge < -0.3 is 20.1 Å². The first kappa shape index (κ1) is 25.5. The quantitative estimate of drug-likeness (QED) is 0.495. The Morgan fingerprint density at radius 1 is 1.09 bits per heavy atom. The summed E-state index contributed by atoms with van der Waals surface area (Å²) in [5.74, 6) is -1.96. The highest BCUT2D eigenvalue weighted by Gasteiger charge is 2.32. The Labute approximate surface area is 200 Å². The van der Waals surface area contributed by atoms with Gasteiger partial charge in [0.1, 0.15) is 19.2 Å². The van der Waals surface area contributed by atoms with Gasteiger partial charge in [0, 0.05) is 24.6 Å². The van der Waals surface area contributed by atoms with Crippen molar-refractivity contribution >= 4 is 29.7 Å². The molecule has 3 rings (SSSR count). The van der Waals surface area contributed by atoms with Gasteiger partial charge in [-0.05, 0) is 28.5 Å². The minimum Gasteiger partial charge on any atom is -0.480 e. The topological polar surface area (TPSA) is 95.9 Å². The number of ether oxygens (including phenoxy) is 1. The molecule has 1 atom stereocenters. The molecule has 0 saturated heterocycles. The van der Waals surface area contributed by atoms with Crippen LogP contribution in [0.15, 0.2) is 48.5 Å². The van der Waals surface area contributed by atoms with Gasteiger partial charge in [-0.3, -0.25) is 9.59 Å². The fraction of sp³-hybridized carbons (Fsp3) is 0.375. The van der Waals surface area contributed by atoms with E-state index in [1.54, 1.807) is 6.26 Å². The molecule has 0 saturated carbocycles. The van der Waals surface area contributed by atoms with Gasteiger partial charge in [0.25, 0.3) is 0 Å². The first-order valence-electron chi connectivity index (χ1n) is 10.7. The maximum Gasteiger partial charge on any atom is 0.407 e. The van der Waals surface area contributed by atoms with Crippen LogP contribution in [-0.2, 0) is 14.3 Å². The minimum atomic E-state index is -2.88. The third kappa shape index (κ3) is 6.25. The van der Waals surface area contributed by atoms with Gasteiger partial charge >= 0.3 is 12.1 Å². The van der Waals surface area contributed by atoms with Gasteiger partial charge in [0.15, 0.2) is 0 Å². The summed E-state index contributed by atoms with van der Waals surface area (Å²) in [7, 11) is 0. The van der Waals surface area contributed by atoms with Crippen molar-refractivity contribution in [2.24, 2.45) is 0 Å². The van der Waals surface area contributed by atoms with Gasteiger partial charge in [0.2, 0.25) is 12.3 Å². The molecule has 0 fully saturated rings. The van der Waals surface area contributed by atoms with Crippen LogP contribution in [0.4, 0.5) is 13.6 Å². The Balaban J connectivity index is 1.69. The SMILES string of the molecule is CSCCN(CC(=O)O)C(=O)C(CC(F)F)NC(=O)OCC1c2ccccc2-c2ccccc21. The van der Waals surface area contributed by atoms with Crippen molar-refractivity contribution in [2.75, 3.05) is 31.7 Å². The summed E-state index contributed by atoms with van der Waals surface area (Å²) in [5, 5.41) is 11.3. The largest absolute Gasteiger partial charge is 0.480 e. The summed E-state index contributed by atoms with van der Waals surface area (Å²) in [5.41, 5.74) is 4.05. The lowest BCUT2D eigenvalue weighted by Crippen LogP contribution is -2.51. The number of hydrogen-bond acceptors (Lipinski definition) is 5. The number of carbonyl (C=O) groups excluding carboxylic acids is 2. The second-order valence-electron chi connectivity index (χ2n) is 7.80. The molecule has 0 radical (unpaired) electrons. The standard InChI is InChI=1S/C24H26F2N2O5S/c1-34-11-10-28(13-22(29)30)23(31)20(12-21(25)26)27-24(32)33-14-19-17-8-4-2-6-15(17)16-7-3-5-9-18(16)19/h2-9,19-21H,10-14H2,1H3,(H,27,32)(H,29,30). The van der Waals surface area contributed by atoms with E-state index in [0.717, 1.165) is 27.2 Å². The molecule has 182 valence electrons. The van der Waals surface area contributed by atoms with Crippen molar-refractivity contribution in [3.63, 3.8) is 0 Å². The molecule has 1 aliphatic carbocycles. The number of fused-ring (bicyclic) bond motifs is 3. The van der Waals surface area contributed by atoms with Crippen molar-refractivity contribution in [1.82, 2.24) is 10.2 Å². The van der Waals surface area contributed by atoms with Crippen LogP contribution in [-0.4, -0.2) is 72.1 Å². The zero-order valence-corrected chi connectivity index (χ0v) is 19.4. The number of aliphatic carboxylic acids is 1. The maximum atomic E-state index is 13.2. The molecular formula is C24H26F2N2O5S. The van der Waals surface area contributed by atoms with Gasteiger partial charge in [0.05, 0.1) is 0 Å². The fourth-order valence-corrected chi connectivity index (χ4v) is 4.44. The van der Waals surface area contributed by atoms with Crippen LogP contribution in [0.2, 0.25) is 0 Å². The van der Waals surface area contributed by atoms with Crippen LogP contribution >= 0.6 is 11.8 Å². The number of benzene rings is 2. The number of thioether (sulfide) groups is 1. The smallest absolute Gasteiger partial charge is 0.407 e. The van der Waals surface area contributed by atoms with Crippen molar-refractivity contribution in [2.45, 2.75) is 24.8 Å². The van der Waals surface area contributed by atoms with E-state index in [1.807, 2.05) is 48.5 Å². The first-order valence-corrected chi connectivity index (χ1v) is 12.1. The van der Waals surface area contributed by atoms with Crippen LogP contribution in [0.3, 0.4) is 0 Å². The Morgan fingerprint density at radius 3 is 2.21 bits per heavy atom. The zero-order chi connectivity index (χ0) is 24.7. The summed E-state index contributed by atoms with van der Waals surface area (Å²) in [6.45, 7) is -0.634. The number of rotatable bonds is 11. The van der Waals surface area contributed by atoms with Crippen molar-refractivity contribution in [3.8, 4) is 11.1 Å². The number of hydrogen-bond donors (Lipinski definition) is 2. The first-order chi connectivity index (χ1) is 16.3. The van der Waals surface area contributed by atoms with E-state index in [-0.39, 0.29) is 19.1 Å². The van der Waals surface area contributed by atoms with E-state index in [2.05, 4.69) is 5.32 Å². The number of carbonyl (C=O) groups is 3. The highest BCUT2D eigenvalue weighted by atomic mass is 32.2. The summed E-state index contributed by atoms with van der Waals surface area (Å²) in [4.78, 5) is 37.4. The number of amides is 2. The molecule has 0 spiro atoms. The van der Waals surface area contributed by atoms with E-state index >= 15 is 0 Å². The molecule has 34 heavy (non-hydrogen) atoms. The molecule has 10 heteroatoms. The average molecular weight is 493 g/mol. The highest BCUT2D eigenvalue weighted by Crippen LogP contribution is 2.44. The van der Waals surface area contributed by atoms with Crippen LogP contribution in [0.5, 0.6) is 0 Å². The lowest BCUT2D eigenvalue weighted by atomic mass is 9.98. The minimum absolute atomic E-state index is 0.0409. The molecule has 1 unspecified atom stereocenters. The Bertz CT molecular complexity index is 990. The molecular weight excluding hydrogens is 466 g/mol. The summed E-state index contributed by atoms with van der Waals surface area (Å²) in [6.07, 6.45) is -3.07. The number of halogens is 2. The highest BCUT2D eigenvalue weighted by molar-refractivity contribution is 7.98. The summed E-state index contributed by atoms with van der Waals surface area (Å²) < 4.78 is 31.7. The average Bonchev–Trinajstić information content (AvgIpc) is 3.13. The van der Waals surface area contributed by atoms with E-state index in [1.165, 1.54) is 11.8 Å². The van der Waals surface area contributed by atoms with Crippen molar-refractivity contribution in [1.29, 1.82) is 0 Å². The summed E-state index contributed by atoms with van der Waals surface area (Å²) >= 11 is 1.38. The van der Waals surface area contributed by atoms with Gasteiger partial charge in [-0.25, -0.2) is 13.6 Å². The fourth-order valence-electron chi connectivity index (χ4n) is 4.03. The summed E-state index contributed by atoms with van der Waals surface area (Å²) in [6, 6.07) is 13.9. The number of nitrogens with one attached hydrogen (secondary N) is 1. The van der Waals surface area contributed by atoms with E-state index < -0.39 is 43.4 Å². The van der Waals surface area contributed by atoms with Gasteiger partial charge in [-0.15, -0.1) is 0 Å². The Kier molecular flexibility index (Phi) is 8.86. The van der Waals surface area contributed by atoms with Crippen LogP contribution < -0.4 is 5.32 Å². The van der Waals surface area contributed by atoms with E-state index in [9.17, 15) is 23.2 Å². The van der Waals surface area contributed by atoms with Crippen LogP contribution in [0.1, 0.15) is 23.5 Å². The maximum absolute atomic E-state index is 13.2. The van der Waals surface area contributed by atoms with Crippen LogP contribution in [0.25, 0.3) is 11.1 Å². The number of carboxylic acid groups (broad SMARTS) is 1. The van der Waals surface area contributed by atoms with E-state index in [0.29, 0.717) is 5.75 Å². The van der Waals surface area contributed by atoms with Crippen molar-refractivity contribution in [3.05, 3.63) is 59.7 Å². The van der Waals surface area contributed by atoms with E-state index in [4.69, 9.17) is 9.84 Å². The number of alkyl halides is 2.